The topological polar surface area (TPSA) is 3.24 Å². The van der Waals surface area contributed by atoms with Crippen LogP contribution in [0.15, 0.2) is 0 Å². The summed E-state index contributed by atoms with van der Waals surface area (Å²) in [7, 11) is 5.74. The fraction of sp³-hybridized carbons (Fsp3) is 1.00. The third-order valence-electron chi connectivity index (χ3n) is 5.02. The monoisotopic (exact) mass is 229 g/mol. The highest BCUT2D eigenvalue weighted by Crippen LogP contribution is 2.47. The van der Waals surface area contributed by atoms with Gasteiger partial charge < -0.3 is 4.90 Å². The Morgan fingerprint density at radius 3 is 1.53 bits per heavy atom. The number of rotatable bonds is 6. The summed E-state index contributed by atoms with van der Waals surface area (Å²) in [5.74, 6) is 1.69. The van der Waals surface area contributed by atoms with Gasteiger partial charge in [-0.2, -0.15) is 0 Å². The third-order valence-corrected chi connectivity index (χ3v) is 7.83. The normalized spacial score (nSPS) is 22.4. The molecular formula is C13H31NSi. The van der Waals surface area contributed by atoms with Crippen LogP contribution < -0.4 is 0 Å². The Kier molecular flexibility index (Phi) is 6.12. The standard InChI is InChI=1S/C13H31NSi/c1-8-10(3)13(15,11(4)9-2)12(5)14(6)7/h10-12H,8-9H2,1-7,15H3. The molecule has 0 N–H and O–H groups in total. The summed E-state index contributed by atoms with van der Waals surface area (Å²) in [6, 6.07) is 0.703. The van der Waals surface area contributed by atoms with Gasteiger partial charge in [-0.1, -0.05) is 40.5 Å². The molecule has 0 fully saturated rings. The molecule has 0 aliphatic heterocycles. The molecule has 0 saturated carbocycles. The largest absolute Gasteiger partial charge is 0.306 e. The lowest BCUT2D eigenvalue weighted by atomic mass is 9.74. The maximum absolute atomic E-state index is 2.44. The van der Waals surface area contributed by atoms with E-state index in [2.05, 4.69) is 53.6 Å². The molecule has 0 aromatic rings. The summed E-state index contributed by atoms with van der Waals surface area (Å²) in [6.45, 7) is 12.0. The van der Waals surface area contributed by atoms with Crippen molar-refractivity contribution >= 4 is 10.2 Å². The van der Waals surface area contributed by atoms with E-state index < -0.39 is 0 Å². The molecule has 0 aliphatic carbocycles. The van der Waals surface area contributed by atoms with Crippen molar-refractivity contribution < 1.29 is 0 Å². The van der Waals surface area contributed by atoms with Gasteiger partial charge in [0.1, 0.15) is 0 Å². The number of hydrogen-bond donors (Lipinski definition) is 0. The van der Waals surface area contributed by atoms with Crippen molar-refractivity contribution in [3.05, 3.63) is 0 Å². The van der Waals surface area contributed by atoms with Crippen molar-refractivity contribution in [2.24, 2.45) is 11.8 Å². The minimum absolute atomic E-state index is 0.562. The maximum Gasteiger partial charge on any atom is 0.0133 e. The lowest BCUT2D eigenvalue weighted by Gasteiger charge is -2.48. The van der Waals surface area contributed by atoms with E-state index in [1.54, 1.807) is 0 Å². The highest BCUT2D eigenvalue weighted by Gasteiger charge is 2.40. The molecule has 0 heterocycles. The smallest absolute Gasteiger partial charge is 0.0133 e. The molecule has 0 radical (unpaired) electrons. The van der Waals surface area contributed by atoms with Gasteiger partial charge in [0.05, 0.1) is 0 Å². The minimum Gasteiger partial charge on any atom is -0.306 e. The van der Waals surface area contributed by atoms with Gasteiger partial charge in [0, 0.05) is 16.3 Å². The summed E-state index contributed by atoms with van der Waals surface area (Å²) >= 11 is 0. The van der Waals surface area contributed by atoms with E-state index in [1.165, 1.54) is 23.1 Å². The molecule has 0 rings (SSSR count). The van der Waals surface area contributed by atoms with Crippen LogP contribution in [0.1, 0.15) is 47.5 Å². The SMILES string of the molecule is CCC(C)C([SiH3])(C(C)CC)C(C)N(C)C. The Hall–Kier alpha value is 0.177. The highest BCUT2D eigenvalue weighted by molar-refractivity contribution is 6.16. The molecular weight excluding hydrogens is 198 g/mol. The molecule has 0 spiro atoms. The summed E-state index contributed by atoms with van der Waals surface area (Å²) in [5.41, 5.74) is 0. The quantitative estimate of drug-likeness (QED) is 0.633. The molecule has 0 saturated heterocycles. The van der Waals surface area contributed by atoms with E-state index in [4.69, 9.17) is 0 Å². The first-order chi connectivity index (χ1) is 6.82. The second-order valence-electron chi connectivity index (χ2n) is 5.62. The average Bonchev–Trinajstić information content (AvgIpc) is 2.24. The van der Waals surface area contributed by atoms with Crippen molar-refractivity contribution in [3.63, 3.8) is 0 Å². The van der Waals surface area contributed by atoms with E-state index in [1.807, 2.05) is 0 Å². The van der Waals surface area contributed by atoms with E-state index in [-0.39, 0.29) is 0 Å². The van der Waals surface area contributed by atoms with Crippen LogP contribution in [0.5, 0.6) is 0 Å². The van der Waals surface area contributed by atoms with Crippen molar-refractivity contribution in [2.45, 2.75) is 58.5 Å². The fourth-order valence-corrected chi connectivity index (χ4v) is 4.08. The summed E-state index contributed by atoms with van der Waals surface area (Å²) in [4.78, 5) is 2.41. The molecule has 0 amide bonds. The molecule has 0 aromatic heterocycles. The van der Waals surface area contributed by atoms with E-state index in [0.717, 1.165) is 11.8 Å². The van der Waals surface area contributed by atoms with Crippen LogP contribution in [0.25, 0.3) is 0 Å². The van der Waals surface area contributed by atoms with Crippen molar-refractivity contribution in [2.75, 3.05) is 14.1 Å². The predicted octanol–water partition coefficient (Wildman–Crippen LogP) is 2.55. The van der Waals surface area contributed by atoms with Crippen molar-refractivity contribution in [3.8, 4) is 0 Å². The van der Waals surface area contributed by atoms with Gasteiger partial charge in [-0.05, 0) is 37.9 Å². The Morgan fingerprint density at radius 2 is 1.33 bits per heavy atom. The maximum atomic E-state index is 2.44. The van der Waals surface area contributed by atoms with Crippen molar-refractivity contribution in [1.29, 1.82) is 0 Å². The zero-order valence-electron chi connectivity index (χ0n) is 12.1. The van der Waals surface area contributed by atoms with Crippen molar-refractivity contribution in [1.82, 2.24) is 4.90 Å². The van der Waals surface area contributed by atoms with Crippen LogP contribution in [0.3, 0.4) is 0 Å². The minimum atomic E-state index is 0.562. The predicted molar refractivity (Wildman–Crippen MR) is 74.7 cm³/mol. The van der Waals surface area contributed by atoms with Crippen LogP contribution in [0, 0.1) is 11.8 Å². The fourth-order valence-electron chi connectivity index (χ4n) is 2.75. The molecule has 2 heteroatoms. The van der Waals surface area contributed by atoms with Gasteiger partial charge in [0.25, 0.3) is 0 Å². The number of hydrogen-bond acceptors (Lipinski definition) is 1. The van der Waals surface area contributed by atoms with Gasteiger partial charge in [-0.15, -0.1) is 0 Å². The molecule has 0 bridgehead atoms. The summed E-state index contributed by atoms with van der Waals surface area (Å²) in [6.07, 6.45) is 2.62. The zero-order valence-corrected chi connectivity index (χ0v) is 14.1. The molecule has 1 nitrogen and oxygen atoms in total. The molecule has 92 valence electrons. The molecule has 15 heavy (non-hydrogen) atoms. The van der Waals surface area contributed by atoms with Crippen LogP contribution in [-0.2, 0) is 0 Å². The third kappa shape index (κ3) is 3.07. The van der Waals surface area contributed by atoms with Gasteiger partial charge in [0.15, 0.2) is 0 Å². The summed E-state index contributed by atoms with van der Waals surface area (Å²) in [5, 5.41) is 0.562. The van der Waals surface area contributed by atoms with Gasteiger partial charge >= 0.3 is 0 Å². The Balaban J connectivity index is 5.00. The first-order valence-corrected chi connectivity index (χ1v) is 7.48. The second kappa shape index (κ2) is 6.05. The zero-order chi connectivity index (χ0) is 12.2. The molecule has 0 aliphatic rings. The van der Waals surface area contributed by atoms with Crippen LogP contribution in [0.4, 0.5) is 0 Å². The Morgan fingerprint density at radius 1 is 1.00 bits per heavy atom. The lowest BCUT2D eigenvalue weighted by Crippen LogP contribution is -2.45. The second-order valence-corrected chi connectivity index (χ2v) is 7.36. The Labute approximate surface area is 100 Å². The first kappa shape index (κ1) is 15.2. The first-order valence-electron chi connectivity index (χ1n) is 6.48. The summed E-state index contributed by atoms with van der Waals surface area (Å²) < 4.78 is 0. The van der Waals surface area contributed by atoms with Gasteiger partial charge in [0.2, 0.25) is 0 Å². The molecule has 3 atom stereocenters. The molecule has 0 aromatic carbocycles. The van der Waals surface area contributed by atoms with Gasteiger partial charge in [-0.25, -0.2) is 0 Å². The Bertz CT molecular complexity index is 169. The molecule has 3 unspecified atom stereocenters. The number of nitrogens with zero attached hydrogens (tertiary/aromatic N) is 1. The lowest BCUT2D eigenvalue weighted by molar-refractivity contribution is 0.139. The van der Waals surface area contributed by atoms with Crippen LogP contribution in [-0.4, -0.2) is 35.3 Å². The van der Waals surface area contributed by atoms with Gasteiger partial charge in [-0.3, -0.25) is 0 Å². The van der Waals surface area contributed by atoms with E-state index >= 15 is 0 Å². The van der Waals surface area contributed by atoms with E-state index in [0.29, 0.717) is 11.1 Å². The highest BCUT2D eigenvalue weighted by atomic mass is 28.1. The average molecular weight is 229 g/mol. The van der Waals surface area contributed by atoms with Crippen LogP contribution >= 0.6 is 0 Å². The van der Waals surface area contributed by atoms with E-state index in [9.17, 15) is 0 Å². The van der Waals surface area contributed by atoms with Crippen LogP contribution in [0.2, 0.25) is 5.04 Å².